The third kappa shape index (κ3) is 2.71. The zero-order valence-corrected chi connectivity index (χ0v) is 10.5. The fraction of sp³-hybridized carbons (Fsp3) is 0.214. The van der Waals surface area contributed by atoms with Gasteiger partial charge in [0.15, 0.2) is 0 Å². The fourth-order valence-corrected chi connectivity index (χ4v) is 1.64. The molecule has 0 atom stereocenters. The van der Waals surface area contributed by atoms with E-state index in [9.17, 15) is 4.79 Å². The van der Waals surface area contributed by atoms with E-state index in [0.29, 0.717) is 11.3 Å². The molecule has 2 rings (SSSR count). The third-order valence-corrected chi connectivity index (χ3v) is 2.78. The summed E-state index contributed by atoms with van der Waals surface area (Å²) in [4.78, 5) is 19.9. The van der Waals surface area contributed by atoms with Crippen molar-refractivity contribution in [2.75, 3.05) is 5.32 Å². The second-order valence-electron chi connectivity index (χ2n) is 4.03. The molecule has 18 heavy (non-hydrogen) atoms. The Morgan fingerprint density at radius 3 is 2.61 bits per heavy atom. The van der Waals surface area contributed by atoms with Crippen LogP contribution in [0.3, 0.4) is 0 Å². The molecule has 1 aromatic carbocycles. The number of carbonyl (C=O) groups is 1. The van der Waals surface area contributed by atoms with E-state index in [1.807, 2.05) is 24.3 Å². The van der Waals surface area contributed by atoms with Gasteiger partial charge in [-0.2, -0.15) is 0 Å². The van der Waals surface area contributed by atoms with E-state index >= 15 is 0 Å². The number of anilines is 1. The van der Waals surface area contributed by atoms with Crippen molar-refractivity contribution in [1.29, 1.82) is 0 Å². The van der Waals surface area contributed by atoms with Gasteiger partial charge in [-0.3, -0.25) is 4.79 Å². The molecule has 1 aromatic heterocycles. The maximum atomic E-state index is 12.0. The van der Waals surface area contributed by atoms with Crippen molar-refractivity contribution in [2.45, 2.75) is 20.3 Å². The van der Waals surface area contributed by atoms with Gasteiger partial charge in [0.25, 0.3) is 5.91 Å². The maximum Gasteiger partial charge on any atom is 0.259 e. The van der Waals surface area contributed by atoms with E-state index in [2.05, 4.69) is 22.2 Å². The van der Waals surface area contributed by atoms with E-state index in [1.54, 1.807) is 6.92 Å². The number of carbonyl (C=O) groups excluding carboxylic acids is 1. The van der Waals surface area contributed by atoms with Gasteiger partial charge in [-0.05, 0) is 31.0 Å². The minimum atomic E-state index is -0.183. The smallest absolute Gasteiger partial charge is 0.259 e. The van der Waals surface area contributed by atoms with Gasteiger partial charge in [-0.15, -0.1) is 0 Å². The van der Waals surface area contributed by atoms with E-state index in [-0.39, 0.29) is 5.91 Å². The topological polar surface area (TPSA) is 54.9 Å². The Morgan fingerprint density at radius 1 is 1.28 bits per heavy atom. The first-order valence-corrected chi connectivity index (χ1v) is 5.87. The predicted octanol–water partition coefficient (Wildman–Crippen LogP) is 2.60. The Hall–Kier alpha value is -2.23. The van der Waals surface area contributed by atoms with Crippen LogP contribution in [0.25, 0.3) is 0 Å². The highest BCUT2D eigenvalue weighted by molar-refractivity contribution is 6.04. The van der Waals surface area contributed by atoms with Gasteiger partial charge in [0.2, 0.25) is 0 Å². The predicted molar refractivity (Wildman–Crippen MR) is 70.5 cm³/mol. The summed E-state index contributed by atoms with van der Waals surface area (Å²) >= 11 is 0. The van der Waals surface area contributed by atoms with Gasteiger partial charge >= 0.3 is 0 Å². The van der Waals surface area contributed by atoms with Gasteiger partial charge in [-0.25, -0.2) is 9.97 Å². The normalized spacial score (nSPS) is 10.1. The van der Waals surface area contributed by atoms with Crippen LogP contribution < -0.4 is 5.32 Å². The fourth-order valence-electron chi connectivity index (χ4n) is 1.64. The van der Waals surface area contributed by atoms with Crippen LogP contribution in [0.4, 0.5) is 5.69 Å². The highest BCUT2D eigenvalue weighted by atomic mass is 16.1. The molecule has 92 valence electrons. The number of amides is 1. The van der Waals surface area contributed by atoms with Crippen molar-refractivity contribution in [3.05, 3.63) is 53.6 Å². The summed E-state index contributed by atoms with van der Waals surface area (Å²) in [5.41, 5.74) is 3.19. The molecule has 0 aliphatic rings. The van der Waals surface area contributed by atoms with E-state index in [4.69, 9.17) is 0 Å². The molecule has 0 aliphatic carbocycles. The number of aryl methyl sites for hydroxylation is 2. The number of nitrogens with zero attached hydrogens (tertiary/aromatic N) is 2. The van der Waals surface area contributed by atoms with E-state index < -0.39 is 0 Å². The van der Waals surface area contributed by atoms with Gasteiger partial charge < -0.3 is 5.32 Å². The Labute approximate surface area is 106 Å². The molecule has 1 heterocycles. The molecular weight excluding hydrogens is 226 g/mol. The summed E-state index contributed by atoms with van der Waals surface area (Å²) in [6, 6.07) is 7.81. The first kappa shape index (κ1) is 12.2. The average molecular weight is 241 g/mol. The molecular formula is C14H15N3O. The number of hydrogen-bond acceptors (Lipinski definition) is 3. The quantitative estimate of drug-likeness (QED) is 0.898. The van der Waals surface area contributed by atoms with Crippen LogP contribution in [0, 0.1) is 6.92 Å². The maximum absolute atomic E-state index is 12.0. The average Bonchev–Trinajstić information content (AvgIpc) is 2.40. The molecule has 0 saturated carbocycles. The SMILES string of the molecule is CCc1ccc(NC(=O)c2cncnc2C)cc1. The van der Waals surface area contributed by atoms with Gasteiger partial charge in [0, 0.05) is 11.9 Å². The summed E-state index contributed by atoms with van der Waals surface area (Å²) in [5, 5.41) is 2.83. The van der Waals surface area contributed by atoms with Crippen molar-refractivity contribution in [3.8, 4) is 0 Å². The van der Waals surface area contributed by atoms with Crippen molar-refractivity contribution in [3.63, 3.8) is 0 Å². The summed E-state index contributed by atoms with van der Waals surface area (Å²) in [7, 11) is 0. The molecule has 0 saturated heterocycles. The number of benzene rings is 1. The van der Waals surface area contributed by atoms with E-state index in [0.717, 1.165) is 12.1 Å². The lowest BCUT2D eigenvalue weighted by Crippen LogP contribution is -2.14. The Kier molecular flexibility index (Phi) is 3.67. The minimum Gasteiger partial charge on any atom is -0.322 e. The summed E-state index contributed by atoms with van der Waals surface area (Å²) in [6.07, 6.45) is 3.94. The molecule has 0 fully saturated rings. The molecule has 0 bridgehead atoms. The van der Waals surface area contributed by atoms with E-state index in [1.165, 1.54) is 18.1 Å². The molecule has 1 amide bonds. The Balaban J connectivity index is 2.14. The highest BCUT2D eigenvalue weighted by Crippen LogP contribution is 2.12. The van der Waals surface area contributed by atoms with Crippen molar-refractivity contribution < 1.29 is 4.79 Å². The lowest BCUT2D eigenvalue weighted by atomic mass is 10.1. The lowest BCUT2D eigenvalue weighted by Gasteiger charge is -2.07. The zero-order chi connectivity index (χ0) is 13.0. The summed E-state index contributed by atoms with van der Waals surface area (Å²) < 4.78 is 0. The number of nitrogens with one attached hydrogen (secondary N) is 1. The molecule has 2 aromatic rings. The standard InChI is InChI=1S/C14H15N3O/c1-3-11-4-6-12(7-5-11)17-14(18)13-8-15-9-16-10(13)2/h4-9H,3H2,1-2H3,(H,17,18). The van der Waals surface area contributed by atoms with Crippen LogP contribution in [0.15, 0.2) is 36.8 Å². The largest absolute Gasteiger partial charge is 0.322 e. The first-order chi connectivity index (χ1) is 8.70. The van der Waals surface area contributed by atoms with Crippen LogP contribution in [-0.2, 0) is 6.42 Å². The molecule has 0 aliphatic heterocycles. The van der Waals surface area contributed by atoms with Crippen LogP contribution in [0.2, 0.25) is 0 Å². The number of rotatable bonds is 3. The lowest BCUT2D eigenvalue weighted by molar-refractivity contribution is 0.102. The third-order valence-electron chi connectivity index (χ3n) is 2.78. The van der Waals surface area contributed by atoms with Gasteiger partial charge in [0.05, 0.1) is 11.3 Å². The van der Waals surface area contributed by atoms with Crippen molar-refractivity contribution in [2.24, 2.45) is 0 Å². The summed E-state index contributed by atoms with van der Waals surface area (Å²) in [6.45, 7) is 3.88. The van der Waals surface area contributed by atoms with Crippen molar-refractivity contribution in [1.82, 2.24) is 9.97 Å². The number of aromatic nitrogens is 2. The zero-order valence-electron chi connectivity index (χ0n) is 10.5. The van der Waals surface area contributed by atoms with Crippen LogP contribution in [0.5, 0.6) is 0 Å². The second kappa shape index (κ2) is 5.40. The second-order valence-corrected chi connectivity index (χ2v) is 4.03. The Bertz CT molecular complexity index is 549. The minimum absolute atomic E-state index is 0.183. The highest BCUT2D eigenvalue weighted by Gasteiger charge is 2.09. The monoisotopic (exact) mass is 241 g/mol. The van der Waals surface area contributed by atoms with Crippen LogP contribution in [-0.4, -0.2) is 15.9 Å². The summed E-state index contributed by atoms with van der Waals surface area (Å²) in [5.74, 6) is -0.183. The Morgan fingerprint density at radius 2 is 2.00 bits per heavy atom. The van der Waals surface area contributed by atoms with Crippen LogP contribution in [0.1, 0.15) is 28.5 Å². The molecule has 4 nitrogen and oxygen atoms in total. The van der Waals surface area contributed by atoms with Crippen LogP contribution >= 0.6 is 0 Å². The number of hydrogen-bond donors (Lipinski definition) is 1. The first-order valence-electron chi connectivity index (χ1n) is 5.87. The van der Waals surface area contributed by atoms with Gasteiger partial charge in [-0.1, -0.05) is 19.1 Å². The van der Waals surface area contributed by atoms with Gasteiger partial charge in [0.1, 0.15) is 6.33 Å². The molecule has 0 spiro atoms. The molecule has 0 radical (unpaired) electrons. The molecule has 0 unspecified atom stereocenters. The van der Waals surface area contributed by atoms with Crippen molar-refractivity contribution >= 4 is 11.6 Å². The molecule has 1 N–H and O–H groups in total. The molecule has 4 heteroatoms.